The number of fused-ring (bicyclic) bond motifs is 1. The fourth-order valence-electron chi connectivity index (χ4n) is 2.85. The maximum Gasteiger partial charge on any atom is 0.274 e. The van der Waals surface area contributed by atoms with Crippen molar-refractivity contribution >= 4 is 68.0 Å². The second-order valence-corrected chi connectivity index (χ2v) is 7.69. The average molecular weight is 398 g/mol. The molecule has 0 aromatic heterocycles. The summed E-state index contributed by atoms with van der Waals surface area (Å²) in [6, 6.07) is 20.3. The number of carbonyl (C=O) groups is 1. The molecule has 3 aromatic rings. The Labute approximate surface area is 164 Å². The van der Waals surface area contributed by atoms with E-state index < -0.39 is 0 Å². The number of aliphatic hydroxyl groups is 1. The number of benzene rings is 3. The van der Waals surface area contributed by atoms with Gasteiger partial charge in [-0.05, 0) is 23.6 Å². The Morgan fingerprint density at radius 2 is 1.69 bits per heavy atom. The van der Waals surface area contributed by atoms with Crippen molar-refractivity contribution in [2.75, 3.05) is 4.90 Å². The highest BCUT2D eigenvalue weighted by Crippen LogP contribution is 2.40. The highest BCUT2D eigenvalue weighted by molar-refractivity contribution is 8.27. The molecule has 1 N–H and O–H groups in total. The number of para-hydroxylation sites is 1. The van der Waals surface area contributed by atoms with Crippen LogP contribution in [0.15, 0.2) is 71.6 Å². The molecule has 1 amide bonds. The van der Waals surface area contributed by atoms with Crippen LogP contribution in [0.4, 0.5) is 5.69 Å². The Kier molecular flexibility index (Phi) is 4.44. The number of anilines is 1. The van der Waals surface area contributed by atoms with Crippen molar-refractivity contribution in [1.29, 1.82) is 0 Å². The lowest BCUT2D eigenvalue weighted by Crippen LogP contribution is -2.27. The molecule has 0 atom stereocenters. The van der Waals surface area contributed by atoms with Crippen LogP contribution in [0.1, 0.15) is 5.56 Å². The minimum absolute atomic E-state index is 0.156. The minimum atomic E-state index is -0.354. The summed E-state index contributed by atoms with van der Waals surface area (Å²) in [5.74, 6) is -0.510. The Morgan fingerprint density at radius 1 is 1.00 bits per heavy atom. The first kappa shape index (κ1) is 17.1. The molecule has 1 saturated heterocycles. The van der Waals surface area contributed by atoms with Gasteiger partial charge < -0.3 is 5.11 Å². The van der Waals surface area contributed by atoms with Gasteiger partial charge in [-0.2, -0.15) is 0 Å². The van der Waals surface area contributed by atoms with E-state index in [1.807, 2.05) is 48.5 Å². The third-order valence-electron chi connectivity index (χ3n) is 4.12. The van der Waals surface area contributed by atoms with Gasteiger partial charge in [-0.3, -0.25) is 9.69 Å². The predicted molar refractivity (Wildman–Crippen MR) is 113 cm³/mol. The topological polar surface area (TPSA) is 40.5 Å². The van der Waals surface area contributed by atoms with E-state index in [9.17, 15) is 9.90 Å². The zero-order valence-electron chi connectivity index (χ0n) is 13.3. The summed E-state index contributed by atoms with van der Waals surface area (Å²) in [5, 5.41) is 13.0. The van der Waals surface area contributed by atoms with Crippen LogP contribution in [0.2, 0.25) is 5.02 Å². The van der Waals surface area contributed by atoms with Gasteiger partial charge in [0.2, 0.25) is 0 Å². The van der Waals surface area contributed by atoms with Crippen molar-refractivity contribution < 1.29 is 9.90 Å². The molecule has 6 heteroatoms. The van der Waals surface area contributed by atoms with Gasteiger partial charge in [-0.25, -0.2) is 0 Å². The van der Waals surface area contributed by atoms with Gasteiger partial charge in [0.1, 0.15) is 10.7 Å². The van der Waals surface area contributed by atoms with E-state index >= 15 is 0 Å². The number of hydrogen-bond donors (Lipinski definition) is 1. The lowest BCUT2D eigenvalue weighted by atomic mass is 10.1. The summed E-state index contributed by atoms with van der Waals surface area (Å²) < 4.78 is 0.375. The summed E-state index contributed by atoms with van der Waals surface area (Å²) in [5.41, 5.74) is 1.08. The van der Waals surface area contributed by atoms with Gasteiger partial charge in [0.15, 0.2) is 4.32 Å². The summed E-state index contributed by atoms with van der Waals surface area (Å²) in [7, 11) is 0. The number of thiocarbonyl (C=S) groups is 1. The second-order valence-electron chi connectivity index (χ2n) is 5.67. The lowest BCUT2D eigenvalue weighted by Gasteiger charge is -2.14. The van der Waals surface area contributed by atoms with Gasteiger partial charge in [-0.15, -0.1) is 0 Å². The highest BCUT2D eigenvalue weighted by Gasteiger charge is 2.36. The number of carbonyl (C=O) groups excluding carboxylic acids is 1. The van der Waals surface area contributed by atoms with Crippen LogP contribution in [0, 0.1) is 0 Å². The van der Waals surface area contributed by atoms with Gasteiger partial charge in [0, 0.05) is 10.9 Å². The maximum atomic E-state index is 12.9. The van der Waals surface area contributed by atoms with Crippen LogP contribution in [0.3, 0.4) is 0 Å². The van der Waals surface area contributed by atoms with E-state index in [0.29, 0.717) is 20.6 Å². The maximum absolute atomic E-state index is 12.9. The normalized spacial score (nSPS) is 16.4. The Morgan fingerprint density at radius 3 is 2.46 bits per heavy atom. The molecule has 0 aliphatic carbocycles. The number of thioether (sulfide) groups is 1. The molecular weight excluding hydrogens is 386 g/mol. The molecule has 0 saturated carbocycles. The largest absolute Gasteiger partial charge is 0.506 e. The summed E-state index contributed by atoms with van der Waals surface area (Å²) in [6.45, 7) is 0. The van der Waals surface area contributed by atoms with Gasteiger partial charge >= 0.3 is 0 Å². The lowest BCUT2D eigenvalue weighted by molar-refractivity contribution is -0.113. The molecule has 3 aromatic carbocycles. The minimum Gasteiger partial charge on any atom is -0.506 e. The fraction of sp³-hybridized carbons (Fsp3) is 0. The molecule has 1 heterocycles. The van der Waals surface area contributed by atoms with E-state index in [-0.39, 0.29) is 16.6 Å². The fourth-order valence-corrected chi connectivity index (χ4v) is 4.45. The summed E-state index contributed by atoms with van der Waals surface area (Å²) in [4.78, 5) is 14.5. The van der Waals surface area contributed by atoms with Gasteiger partial charge in [-0.1, -0.05) is 84.1 Å². The molecule has 0 radical (unpaired) electrons. The van der Waals surface area contributed by atoms with E-state index in [1.165, 1.54) is 4.90 Å². The molecule has 0 bridgehead atoms. The van der Waals surface area contributed by atoms with Crippen molar-refractivity contribution in [3.8, 4) is 0 Å². The molecule has 0 unspecified atom stereocenters. The zero-order valence-corrected chi connectivity index (χ0v) is 15.7. The van der Waals surface area contributed by atoms with Crippen LogP contribution >= 0.6 is 35.6 Å². The molecule has 26 heavy (non-hydrogen) atoms. The number of rotatable bonds is 2. The quantitative estimate of drug-likeness (QED) is 0.338. The van der Waals surface area contributed by atoms with Gasteiger partial charge in [0.25, 0.3) is 5.91 Å². The molecule has 3 nitrogen and oxygen atoms in total. The Balaban J connectivity index is 1.81. The summed E-state index contributed by atoms with van der Waals surface area (Å²) in [6.07, 6.45) is 0. The molecule has 4 rings (SSSR count). The average Bonchev–Trinajstić information content (AvgIpc) is 2.97. The zero-order chi connectivity index (χ0) is 18.3. The van der Waals surface area contributed by atoms with E-state index in [1.54, 1.807) is 18.2 Å². The molecule has 1 aliphatic rings. The SMILES string of the molecule is O=C1/C(=C(\O)c2ccc3ccccc3c2Cl)SC(=S)N1c1ccccc1. The standard InChI is InChI=1S/C20H12ClNO2S2/c21-16-14-9-5-4-6-12(14)10-11-15(16)17(23)18-19(24)22(20(25)26-18)13-7-2-1-3-8-13/h1-11,23H/b18-17+. The van der Waals surface area contributed by atoms with E-state index in [0.717, 1.165) is 22.5 Å². The van der Waals surface area contributed by atoms with Crippen molar-refractivity contribution in [2.24, 2.45) is 0 Å². The van der Waals surface area contributed by atoms with Gasteiger partial charge in [0.05, 0.1) is 10.7 Å². The van der Waals surface area contributed by atoms with E-state index in [4.69, 9.17) is 23.8 Å². The van der Waals surface area contributed by atoms with Crippen molar-refractivity contribution in [2.45, 2.75) is 0 Å². The molecule has 1 aliphatic heterocycles. The molecule has 128 valence electrons. The number of amides is 1. The van der Waals surface area contributed by atoms with Crippen molar-refractivity contribution in [3.63, 3.8) is 0 Å². The van der Waals surface area contributed by atoms with Crippen LogP contribution < -0.4 is 4.90 Å². The third kappa shape index (κ3) is 2.78. The van der Waals surface area contributed by atoms with E-state index in [2.05, 4.69) is 0 Å². The van der Waals surface area contributed by atoms with Crippen LogP contribution in [0.25, 0.3) is 16.5 Å². The first-order valence-corrected chi connectivity index (χ1v) is 9.40. The first-order chi connectivity index (χ1) is 12.6. The van der Waals surface area contributed by atoms with Crippen LogP contribution in [-0.4, -0.2) is 15.3 Å². The molecule has 0 spiro atoms. The Hall–Kier alpha value is -2.34. The number of aliphatic hydroxyl groups excluding tert-OH is 1. The summed E-state index contributed by atoms with van der Waals surface area (Å²) >= 11 is 12.9. The third-order valence-corrected chi connectivity index (χ3v) is 5.89. The number of hydrogen-bond acceptors (Lipinski definition) is 4. The monoisotopic (exact) mass is 397 g/mol. The number of nitrogens with zero attached hydrogens (tertiary/aromatic N) is 1. The van der Waals surface area contributed by atoms with Crippen LogP contribution in [-0.2, 0) is 4.79 Å². The first-order valence-electron chi connectivity index (χ1n) is 7.80. The smallest absolute Gasteiger partial charge is 0.274 e. The van der Waals surface area contributed by atoms with Crippen molar-refractivity contribution in [3.05, 3.63) is 82.2 Å². The van der Waals surface area contributed by atoms with Crippen molar-refractivity contribution in [1.82, 2.24) is 0 Å². The number of halogens is 1. The van der Waals surface area contributed by atoms with Crippen LogP contribution in [0.5, 0.6) is 0 Å². The Bertz CT molecular complexity index is 1080. The highest BCUT2D eigenvalue weighted by atomic mass is 35.5. The molecule has 1 fully saturated rings. The molecular formula is C20H12ClNO2S2. The second kappa shape index (κ2) is 6.76. The predicted octanol–water partition coefficient (Wildman–Crippen LogP) is 5.78.